The normalized spacial score (nSPS) is 21.3. The molecule has 0 amide bonds. The van der Waals surface area contributed by atoms with Crippen molar-refractivity contribution in [3.8, 4) is 0 Å². The van der Waals surface area contributed by atoms with Crippen molar-refractivity contribution in [2.45, 2.75) is 192 Å². The molecule has 1 saturated heterocycles. The molecule has 15 nitrogen and oxygen atoms in total. The minimum absolute atomic E-state index is 0.0298. The zero-order valence-corrected chi connectivity index (χ0v) is 35.4. The van der Waals surface area contributed by atoms with E-state index in [9.17, 15) is 39.2 Å². The van der Waals surface area contributed by atoms with E-state index in [4.69, 9.17) is 29.6 Å². The number of nitrogens with two attached hydrogens (primary N) is 1. The number of allylic oxidation sites excluding steroid dienone is 2. The van der Waals surface area contributed by atoms with Gasteiger partial charge in [-0.15, -0.1) is 0 Å². The fourth-order valence-corrected chi connectivity index (χ4v) is 7.06. The van der Waals surface area contributed by atoms with Gasteiger partial charge in [0.25, 0.3) is 0 Å². The van der Waals surface area contributed by atoms with Crippen LogP contribution < -0.4 is 5.73 Å². The van der Waals surface area contributed by atoms with Crippen LogP contribution in [0.5, 0.6) is 0 Å². The molecule has 1 rings (SSSR count). The van der Waals surface area contributed by atoms with E-state index in [0.717, 1.165) is 44.9 Å². The Morgan fingerprint density at radius 1 is 0.807 bits per heavy atom. The number of carbonyl (C=O) groups excluding carboxylic acids is 2. The van der Waals surface area contributed by atoms with Gasteiger partial charge in [-0.2, -0.15) is 0 Å². The smallest absolute Gasteiger partial charge is 0.472 e. The Balaban J connectivity index is 2.56. The van der Waals surface area contributed by atoms with Gasteiger partial charge in [0.1, 0.15) is 12.6 Å². The highest BCUT2D eigenvalue weighted by Crippen LogP contribution is 2.43. The first-order valence-corrected chi connectivity index (χ1v) is 22.8. The molecule has 8 atom stereocenters. The fraction of sp³-hybridized carbons (Fsp3) is 0.829. The SMILES string of the molecule is CCCCCCCCCCCCCCC(=O)O[C@H](COC(=O)CCC/C=C\C[C@H]1[C@@H](O)CC(O)O[C@@H]1/C=C/[C@@H](O)CCCCC)COP(=O)(O)OC[C@H](N)C(=O)O. The summed E-state index contributed by atoms with van der Waals surface area (Å²) in [6.45, 7) is 2.40. The van der Waals surface area contributed by atoms with Crippen molar-refractivity contribution in [1.82, 2.24) is 0 Å². The molecule has 0 aliphatic carbocycles. The van der Waals surface area contributed by atoms with Crippen LogP contribution in [0.15, 0.2) is 24.3 Å². The summed E-state index contributed by atoms with van der Waals surface area (Å²) in [4.78, 5) is 46.1. The van der Waals surface area contributed by atoms with Crippen molar-refractivity contribution in [3.05, 3.63) is 24.3 Å². The maximum atomic E-state index is 12.6. The van der Waals surface area contributed by atoms with Crippen molar-refractivity contribution < 1.29 is 67.5 Å². The second-order valence-corrected chi connectivity index (χ2v) is 16.5. The molecule has 57 heavy (non-hydrogen) atoms. The molecule has 0 aromatic carbocycles. The second kappa shape index (κ2) is 32.6. The number of unbranched alkanes of at least 4 members (excludes halogenated alkanes) is 14. The number of aliphatic carboxylic acids is 1. The van der Waals surface area contributed by atoms with E-state index in [2.05, 4.69) is 18.4 Å². The number of aliphatic hydroxyl groups is 3. The van der Waals surface area contributed by atoms with Crippen LogP contribution in [-0.2, 0) is 42.2 Å². The monoisotopic (exact) mass is 835 g/mol. The highest BCUT2D eigenvalue weighted by atomic mass is 31.2. The van der Waals surface area contributed by atoms with E-state index in [1.807, 2.05) is 12.2 Å². The van der Waals surface area contributed by atoms with Crippen molar-refractivity contribution in [3.63, 3.8) is 0 Å². The van der Waals surface area contributed by atoms with Crippen molar-refractivity contribution in [2.24, 2.45) is 11.7 Å². The molecule has 0 aromatic rings. The van der Waals surface area contributed by atoms with Crippen LogP contribution in [0.1, 0.15) is 155 Å². The molecule has 1 fully saturated rings. The van der Waals surface area contributed by atoms with Crippen LogP contribution in [0.4, 0.5) is 0 Å². The van der Waals surface area contributed by atoms with E-state index in [-0.39, 0.29) is 25.2 Å². The molecule has 0 aromatic heterocycles. The Morgan fingerprint density at radius 3 is 2.02 bits per heavy atom. The molecule has 1 heterocycles. The van der Waals surface area contributed by atoms with Crippen LogP contribution in [-0.4, -0.2) is 99.8 Å². The first-order valence-electron chi connectivity index (χ1n) is 21.3. The quantitative estimate of drug-likeness (QED) is 0.0167. The second-order valence-electron chi connectivity index (χ2n) is 15.0. The standard InChI is InChI=1S/C41H74NO14P/c1-3-5-7-8-9-10-11-12-13-14-15-21-25-39(46)55-33(30-53-57(50,51)54-31-35(42)41(48)49)29-52-38(45)24-20-17-16-19-23-34-36(44)28-40(47)56-37(34)27-26-32(43)22-18-6-4-2/h16,19,26-27,32-37,40,43-44,47H,3-15,17-18,20-25,28-31,42H2,1-2H3,(H,48,49)(H,50,51)/b19-16-,27-26+/t32-,33+,34-,35-,36-,37+,40?/m0/s1. The number of carboxylic acids is 1. The number of hydrogen-bond donors (Lipinski definition) is 6. The molecule has 7 N–H and O–H groups in total. The number of phosphoric ester groups is 1. The third kappa shape index (κ3) is 28.0. The van der Waals surface area contributed by atoms with Crippen LogP contribution in [0, 0.1) is 5.92 Å². The zero-order chi connectivity index (χ0) is 42.3. The molecule has 332 valence electrons. The number of carbonyl (C=O) groups is 3. The zero-order valence-electron chi connectivity index (χ0n) is 34.5. The summed E-state index contributed by atoms with van der Waals surface area (Å²) in [5.74, 6) is -2.94. The minimum Gasteiger partial charge on any atom is -0.480 e. The van der Waals surface area contributed by atoms with Crippen LogP contribution in [0.3, 0.4) is 0 Å². The molecular formula is C41H74NO14P. The van der Waals surface area contributed by atoms with E-state index in [0.29, 0.717) is 32.1 Å². The average Bonchev–Trinajstić information content (AvgIpc) is 3.16. The molecule has 0 saturated carbocycles. The van der Waals surface area contributed by atoms with Gasteiger partial charge in [-0.1, -0.05) is 128 Å². The molecular weight excluding hydrogens is 761 g/mol. The Kier molecular flexibility index (Phi) is 30.2. The highest BCUT2D eigenvalue weighted by molar-refractivity contribution is 7.47. The third-order valence-electron chi connectivity index (χ3n) is 9.75. The van der Waals surface area contributed by atoms with Crippen LogP contribution >= 0.6 is 7.82 Å². The predicted octanol–water partition coefficient (Wildman–Crippen LogP) is 6.78. The first-order chi connectivity index (χ1) is 27.3. The van der Waals surface area contributed by atoms with Gasteiger partial charge in [0, 0.05) is 25.2 Å². The van der Waals surface area contributed by atoms with Gasteiger partial charge >= 0.3 is 25.7 Å². The Morgan fingerprint density at radius 2 is 1.39 bits per heavy atom. The van der Waals surface area contributed by atoms with Crippen molar-refractivity contribution in [2.75, 3.05) is 19.8 Å². The minimum atomic E-state index is -4.78. The molecule has 16 heteroatoms. The van der Waals surface area contributed by atoms with Gasteiger partial charge in [-0.3, -0.25) is 23.4 Å². The summed E-state index contributed by atoms with van der Waals surface area (Å²) < 4.78 is 38.3. The molecule has 0 spiro atoms. The van der Waals surface area contributed by atoms with Crippen molar-refractivity contribution in [1.29, 1.82) is 0 Å². The number of hydrogen-bond acceptors (Lipinski definition) is 13. The van der Waals surface area contributed by atoms with Gasteiger partial charge in [-0.05, 0) is 32.1 Å². The lowest BCUT2D eigenvalue weighted by atomic mass is 9.87. The fourth-order valence-electron chi connectivity index (χ4n) is 6.28. The van der Waals surface area contributed by atoms with E-state index < -0.39 is 82.3 Å². The summed E-state index contributed by atoms with van der Waals surface area (Å²) in [6.07, 6.45) is 21.6. The number of aliphatic hydroxyl groups excluding tert-OH is 3. The molecule has 1 aliphatic rings. The molecule has 0 bridgehead atoms. The maximum Gasteiger partial charge on any atom is 0.472 e. The molecule has 2 unspecified atom stereocenters. The number of phosphoric acid groups is 1. The third-order valence-corrected chi connectivity index (χ3v) is 10.7. The largest absolute Gasteiger partial charge is 0.480 e. The van der Waals surface area contributed by atoms with Gasteiger partial charge in [0.15, 0.2) is 12.4 Å². The number of ether oxygens (including phenoxy) is 3. The molecule has 1 aliphatic heterocycles. The van der Waals surface area contributed by atoms with Gasteiger partial charge in [0.05, 0.1) is 31.5 Å². The van der Waals surface area contributed by atoms with E-state index in [1.165, 1.54) is 44.9 Å². The van der Waals surface area contributed by atoms with Gasteiger partial charge in [-0.25, -0.2) is 4.57 Å². The number of esters is 2. The van der Waals surface area contributed by atoms with E-state index >= 15 is 0 Å². The predicted molar refractivity (Wildman–Crippen MR) is 216 cm³/mol. The average molecular weight is 836 g/mol. The Bertz CT molecular complexity index is 1190. The van der Waals surface area contributed by atoms with Crippen LogP contribution in [0.2, 0.25) is 0 Å². The summed E-state index contributed by atoms with van der Waals surface area (Å²) in [7, 11) is -4.78. The van der Waals surface area contributed by atoms with E-state index in [1.54, 1.807) is 12.2 Å². The number of carboxylic acid groups (broad SMARTS) is 1. The molecule has 0 radical (unpaired) electrons. The summed E-state index contributed by atoms with van der Waals surface area (Å²) in [5, 5.41) is 39.8. The van der Waals surface area contributed by atoms with Crippen molar-refractivity contribution >= 4 is 25.7 Å². The first kappa shape index (κ1) is 52.8. The summed E-state index contributed by atoms with van der Waals surface area (Å²) in [6, 6.07) is -1.56. The lowest BCUT2D eigenvalue weighted by Gasteiger charge is -2.36. The summed E-state index contributed by atoms with van der Waals surface area (Å²) in [5.41, 5.74) is 5.32. The highest BCUT2D eigenvalue weighted by Gasteiger charge is 2.35. The van der Waals surface area contributed by atoms with Crippen LogP contribution in [0.25, 0.3) is 0 Å². The topological polar surface area (TPSA) is 242 Å². The maximum absolute atomic E-state index is 12.6. The Labute approximate surface area is 340 Å². The number of rotatable bonds is 35. The Hall–Kier alpha value is -2.20. The van der Waals surface area contributed by atoms with Gasteiger partial charge < -0.3 is 45.3 Å². The lowest BCUT2D eigenvalue weighted by Crippen LogP contribution is -2.43. The summed E-state index contributed by atoms with van der Waals surface area (Å²) >= 11 is 0. The van der Waals surface area contributed by atoms with Gasteiger partial charge in [0.2, 0.25) is 0 Å². The lowest BCUT2D eigenvalue weighted by molar-refractivity contribution is -0.199.